The average Bonchev–Trinajstić information content (AvgIpc) is 3.26. The highest BCUT2D eigenvalue weighted by Gasteiger charge is 2.32. The van der Waals surface area contributed by atoms with Crippen LogP contribution in [0.15, 0.2) is 81.2 Å². The highest BCUT2D eigenvalue weighted by molar-refractivity contribution is 9.10. The first-order chi connectivity index (χ1) is 14.5. The number of carbonyl (C=O) groups is 1. The molecule has 30 heavy (non-hydrogen) atoms. The number of hydrogen-bond donors (Lipinski definition) is 1. The van der Waals surface area contributed by atoms with Gasteiger partial charge in [-0.2, -0.15) is 5.26 Å². The minimum atomic E-state index is -0.572. The van der Waals surface area contributed by atoms with Crippen LogP contribution in [0.3, 0.4) is 0 Å². The summed E-state index contributed by atoms with van der Waals surface area (Å²) in [6.45, 7) is -0.255. The molecule has 3 aromatic rings. The Kier molecular flexibility index (Phi) is 5.46. The molecule has 1 atom stereocenters. The number of esters is 1. The Bertz CT molecular complexity index is 1150. The van der Waals surface area contributed by atoms with E-state index >= 15 is 0 Å². The van der Waals surface area contributed by atoms with Crippen LogP contribution in [0.5, 0.6) is 17.2 Å². The summed E-state index contributed by atoms with van der Waals surface area (Å²) < 4.78 is 22.7. The van der Waals surface area contributed by atoms with E-state index in [-0.39, 0.29) is 23.8 Å². The van der Waals surface area contributed by atoms with Crippen molar-refractivity contribution in [2.45, 2.75) is 5.92 Å². The van der Waals surface area contributed by atoms with Gasteiger partial charge < -0.3 is 24.4 Å². The summed E-state index contributed by atoms with van der Waals surface area (Å²) in [5, 5.41) is 9.50. The van der Waals surface area contributed by atoms with Crippen LogP contribution < -0.4 is 19.9 Å². The second-order valence-electron chi connectivity index (χ2n) is 6.36. The lowest BCUT2D eigenvalue weighted by atomic mass is 9.87. The first-order valence-corrected chi connectivity index (χ1v) is 9.68. The number of allylic oxidation sites excluding steroid dienone is 1. The molecule has 0 radical (unpaired) electrons. The summed E-state index contributed by atoms with van der Waals surface area (Å²) in [4.78, 5) is 12.1. The second kappa shape index (κ2) is 8.35. The van der Waals surface area contributed by atoms with Crippen molar-refractivity contribution in [1.29, 1.82) is 5.26 Å². The average molecular weight is 467 g/mol. The largest absolute Gasteiger partial charge is 0.482 e. The van der Waals surface area contributed by atoms with E-state index in [1.54, 1.807) is 42.5 Å². The van der Waals surface area contributed by atoms with Crippen molar-refractivity contribution in [3.8, 4) is 23.3 Å². The van der Waals surface area contributed by atoms with E-state index in [0.29, 0.717) is 22.8 Å². The van der Waals surface area contributed by atoms with Crippen molar-refractivity contribution in [2.24, 2.45) is 5.73 Å². The minimum absolute atomic E-state index is 0.0200. The molecule has 1 aliphatic heterocycles. The number of fused-ring (bicyclic) bond motifs is 1. The molecule has 0 amide bonds. The fourth-order valence-corrected chi connectivity index (χ4v) is 3.35. The summed E-state index contributed by atoms with van der Waals surface area (Å²) in [5.74, 6) is 0.667. The standard InChI is InChI=1S/C22H15BrN2O5/c23-13-3-5-14(6-4-13)28-12-20(26)29-15-7-8-16-19(10-15)30-22(25)17(11-24)21(16)18-2-1-9-27-18/h1-10,21H,12,25H2. The van der Waals surface area contributed by atoms with Gasteiger partial charge in [-0.15, -0.1) is 0 Å². The van der Waals surface area contributed by atoms with E-state index in [4.69, 9.17) is 24.4 Å². The highest BCUT2D eigenvalue weighted by atomic mass is 79.9. The van der Waals surface area contributed by atoms with Crippen LogP contribution in [0.4, 0.5) is 0 Å². The van der Waals surface area contributed by atoms with E-state index in [1.165, 1.54) is 6.26 Å². The zero-order valence-corrected chi connectivity index (χ0v) is 17.1. The maximum Gasteiger partial charge on any atom is 0.349 e. The van der Waals surface area contributed by atoms with Crippen LogP contribution in [0.25, 0.3) is 0 Å². The molecule has 0 saturated carbocycles. The molecule has 2 N–H and O–H groups in total. The number of ether oxygens (including phenoxy) is 3. The molecule has 1 aromatic heterocycles. The topological polar surface area (TPSA) is 108 Å². The number of nitrogens with two attached hydrogens (primary N) is 1. The lowest BCUT2D eigenvalue weighted by Gasteiger charge is -2.25. The maximum atomic E-state index is 12.1. The molecular weight excluding hydrogens is 452 g/mol. The van der Waals surface area contributed by atoms with Crippen LogP contribution in [0.1, 0.15) is 17.2 Å². The smallest absolute Gasteiger partial charge is 0.349 e. The summed E-state index contributed by atoms with van der Waals surface area (Å²) in [6, 6.07) is 17.5. The molecule has 2 aromatic carbocycles. The van der Waals surface area contributed by atoms with E-state index < -0.39 is 11.9 Å². The Morgan fingerprint density at radius 1 is 1.17 bits per heavy atom. The van der Waals surface area contributed by atoms with E-state index in [2.05, 4.69) is 22.0 Å². The molecule has 8 heteroatoms. The molecule has 7 nitrogen and oxygen atoms in total. The van der Waals surface area contributed by atoms with Crippen LogP contribution >= 0.6 is 15.9 Å². The van der Waals surface area contributed by atoms with Crippen LogP contribution in [-0.4, -0.2) is 12.6 Å². The Morgan fingerprint density at radius 3 is 2.63 bits per heavy atom. The number of furan rings is 1. The number of rotatable bonds is 5. The Hall–Kier alpha value is -3.70. The van der Waals surface area contributed by atoms with Gasteiger partial charge in [0.25, 0.3) is 0 Å². The van der Waals surface area contributed by atoms with Crippen molar-refractivity contribution in [2.75, 3.05) is 6.61 Å². The summed E-state index contributed by atoms with van der Waals surface area (Å²) in [7, 11) is 0. The molecule has 1 unspecified atom stereocenters. The van der Waals surface area contributed by atoms with Gasteiger partial charge >= 0.3 is 5.97 Å². The van der Waals surface area contributed by atoms with E-state index in [9.17, 15) is 10.1 Å². The first kappa shape index (κ1) is 19.6. The van der Waals surface area contributed by atoms with Gasteiger partial charge in [-0.1, -0.05) is 22.0 Å². The minimum Gasteiger partial charge on any atom is -0.482 e. The number of halogens is 1. The normalized spacial score (nSPS) is 15.0. The van der Waals surface area contributed by atoms with Crippen LogP contribution in [0.2, 0.25) is 0 Å². The number of nitrogens with zero attached hydrogens (tertiary/aromatic N) is 1. The SMILES string of the molecule is N#CC1=C(N)Oc2cc(OC(=O)COc3ccc(Br)cc3)ccc2C1c1ccco1. The fourth-order valence-electron chi connectivity index (χ4n) is 3.08. The Balaban J connectivity index is 1.51. The quantitative estimate of drug-likeness (QED) is 0.442. The van der Waals surface area contributed by atoms with Gasteiger partial charge in [0.15, 0.2) is 6.61 Å². The molecular formula is C22H15BrN2O5. The molecule has 0 saturated heterocycles. The van der Waals surface area contributed by atoms with Gasteiger partial charge in [0.2, 0.25) is 5.88 Å². The van der Waals surface area contributed by atoms with Crippen molar-refractivity contribution < 1.29 is 23.4 Å². The van der Waals surface area contributed by atoms with Crippen molar-refractivity contribution in [3.63, 3.8) is 0 Å². The number of hydrogen-bond acceptors (Lipinski definition) is 7. The molecule has 1 aliphatic rings. The molecule has 0 bridgehead atoms. The van der Waals surface area contributed by atoms with Gasteiger partial charge in [-0.25, -0.2) is 4.79 Å². The Morgan fingerprint density at radius 2 is 1.93 bits per heavy atom. The summed E-state index contributed by atoms with van der Waals surface area (Å²) >= 11 is 3.33. The molecule has 2 heterocycles. The van der Waals surface area contributed by atoms with Gasteiger partial charge in [-0.05, 0) is 42.5 Å². The van der Waals surface area contributed by atoms with E-state index in [0.717, 1.165) is 4.47 Å². The summed E-state index contributed by atoms with van der Waals surface area (Å²) in [5.41, 5.74) is 6.87. The third kappa shape index (κ3) is 4.02. The lowest BCUT2D eigenvalue weighted by Crippen LogP contribution is -2.21. The van der Waals surface area contributed by atoms with E-state index in [1.807, 2.05) is 12.1 Å². The monoisotopic (exact) mass is 466 g/mol. The maximum absolute atomic E-state index is 12.1. The molecule has 150 valence electrons. The number of benzene rings is 2. The van der Waals surface area contributed by atoms with Crippen molar-refractivity contribution in [1.82, 2.24) is 0 Å². The Labute approximate surface area is 180 Å². The lowest BCUT2D eigenvalue weighted by molar-refractivity contribution is -0.136. The van der Waals surface area contributed by atoms with Gasteiger partial charge in [0, 0.05) is 16.1 Å². The zero-order valence-electron chi connectivity index (χ0n) is 15.5. The predicted molar refractivity (Wildman–Crippen MR) is 110 cm³/mol. The number of carbonyl (C=O) groups excluding carboxylic acids is 1. The van der Waals surface area contributed by atoms with Gasteiger partial charge in [0.05, 0.1) is 12.2 Å². The molecule has 4 rings (SSSR count). The van der Waals surface area contributed by atoms with Crippen molar-refractivity contribution >= 4 is 21.9 Å². The van der Waals surface area contributed by atoms with Gasteiger partial charge in [-0.3, -0.25) is 0 Å². The predicted octanol–water partition coefficient (Wildman–Crippen LogP) is 4.24. The van der Waals surface area contributed by atoms with Crippen LogP contribution in [0, 0.1) is 11.3 Å². The van der Waals surface area contributed by atoms with Crippen molar-refractivity contribution in [3.05, 3.63) is 88.1 Å². The first-order valence-electron chi connectivity index (χ1n) is 8.89. The third-order valence-electron chi connectivity index (χ3n) is 4.42. The van der Waals surface area contributed by atoms with Crippen LogP contribution in [-0.2, 0) is 4.79 Å². The zero-order chi connectivity index (χ0) is 21.1. The molecule has 0 aliphatic carbocycles. The fraction of sp³-hybridized carbons (Fsp3) is 0.0909. The van der Waals surface area contributed by atoms with Gasteiger partial charge in [0.1, 0.15) is 34.7 Å². The highest BCUT2D eigenvalue weighted by Crippen LogP contribution is 2.43. The second-order valence-corrected chi connectivity index (χ2v) is 7.27. The summed E-state index contributed by atoms with van der Waals surface area (Å²) in [6.07, 6.45) is 1.53. The number of nitriles is 1. The molecule has 0 fully saturated rings. The third-order valence-corrected chi connectivity index (χ3v) is 4.95. The molecule has 0 spiro atoms.